The fraction of sp³-hybridized carbons (Fsp3) is 0.474. The molecular weight excluding hydrogens is 334 g/mol. The van der Waals surface area contributed by atoms with E-state index in [2.05, 4.69) is 10.4 Å². The summed E-state index contributed by atoms with van der Waals surface area (Å²) in [5.74, 6) is 0.504. The predicted octanol–water partition coefficient (Wildman–Crippen LogP) is 1.69. The first-order valence-electron chi connectivity index (χ1n) is 8.84. The maximum Gasteiger partial charge on any atom is 0.246 e. The number of hydrogen-bond donors (Lipinski definition) is 1. The SMILES string of the molecule is CCn1cc(O[C@@H]2COC[C@@H]2NC(=O)COCc2ccccc2C)cn1. The van der Waals surface area contributed by atoms with E-state index in [0.717, 1.165) is 17.7 Å². The molecule has 140 valence electrons. The number of nitrogens with one attached hydrogen (secondary N) is 1. The molecule has 26 heavy (non-hydrogen) atoms. The largest absolute Gasteiger partial charge is 0.482 e. The number of rotatable bonds is 8. The Kier molecular flexibility index (Phi) is 6.25. The van der Waals surface area contributed by atoms with E-state index in [1.807, 2.05) is 44.3 Å². The summed E-state index contributed by atoms with van der Waals surface area (Å²) in [6.07, 6.45) is 3.28. The highest BCUT2D eigenvalue weighted by Gasteiger charge is 2.31. The van der Waals surface area contributed by atoms with E-state index in [1.165, 1.54) is 0 Å². The number of aromatic nitrogens is 2. The van der Waals surface area contributed by atoms with Crippen molar-refractivity contribution < 1.29 is 19.0 Å². The summed E-state index contributed by atoms with van der Waals surface area (Å²) >= 11 is 0. The van der Waals surface area contributed by atoms with Crippen molar-refractivity contribution in [3.63, 3.8) is 0 Å². The minimum absolute atomic E-state index is 0.00528. The van der Waals surface area contributed by atoms with Crippen LogP contribution in [-0.4, -0.2) is 47.7 Å². The lowest BCUT2D eigenvalue weighted by atomic mass is 10.1. The third kappa shape index (κ3) is 4.83. The van der Waals surface area contributed by atoms with E-state index in [4.69, 9.17) is 14.2 Å². The van der Waals surface area contributed by atoms with Gasteiger partial charge in [0.2, 0.25) is 5.91 Å². The first-order valence-corrected chi connectivity index (χ1v) is 8.84. The number of carbonyl (C=O) groups excluding carboxylic acids is 1. The summed E-state index contributed by atoms with van der Waals surface area (Å²) in [6, 6.07) is 7.77. The standard InChI is InChI=1S/C19H25N3O4/c1-3-22-9-16(8-20-22)26-18-12-25-11-17(18)21-19(23)13-24-10-15-7-5-4-6-14(15)2/h4-9,17-18H,3,10-13H2,1-2H3,(H,21,23)/t17-,18+/m0/s1. The van der Waals surface area contributed by atoms with Crippen molar-refractivity contribution in [1.29, 1.82) is 0 Å². The minimum Gasteiger partial charge on any atom is -0.482 e. The molecule has 0 bridgehead atoms. The fourth-order valence-electron chi connectivity index (χ4n) is 2.81. The molecule has 1 fully saturated rings. The molecule has 1 aromatic carbocycles. The Hall–Kier alpha value is -2.38. The summed E-state index contributed by atoms with van der Waals surface area (Å²) in [6.45, 7) is 6.10. The van der Waals surface area contributed by atoms with Gasteiger partial charge in [-0.05, 0) is 25.0 Å². The number of aryl methyl sites for hydroxylation is 2. The van der Waals surface area contributed by atoms with E-state index in [1.54, 1.807) is 10.9 Å². The van der Waals surface area contributed by atoms with Gasteiger partial charge in [-0.2, -0.15) is 5.10 Å². The molecule has 0 saturated carbocycles. The Bertz CT molecular complexity index is 731. The number of hydrogen-bond acceptors (Lipinski definition) is 5. The first-order chi connectivity index (χ1) is 12.7. The molecule has 2 aromatic rings. The molecule has 2 heterocycles. The van der Waals surface area contributed by atoms with Gasteiger partial charge in [-0.15, -0.1) is 0 Å². The Morgan fingerprint density at radius 2 is 2.23 bits per heavy atom. The number of amides is 1. The van der Waals surface area contributed by atoms with Crippen LogP contribution in [0.3, 0.4) is 0 Å². The molecule has 1 saturated heterocycles. The van der Waals surface area contributed by atoms with Gasteiger partial charge in [0, 0.05) is 6.54 Å². The maximum atomic E-state index is 12.2. The molecular formula is C19H25N3O4. The van der Waals surface area contributed by atoms with Gasteiger partial charge in [-0.25, -0.2) is 0 Å². The Balaban J connectivity index is 1.44. The normalized spacial score (nSPS) is 19.5. The van der Waals surface area contributed by atoms with Gasteiger partial charge >= 0.3 is 0 Å². The van der Waals surface area contributed by atoms with Gasteiger partial charge in [0.25, 0.3) is 0 Å². The molecule has 1 N–H and O–H groups in total. The second-order valence-corrected chi connectivity index (χ2v) is 6.32. The first kappa shape index (κ1) is 18.4. The zero-order valence-electron chi connectivity index (χ0n) is 15.2. The molecule has 0 aliphatic carbocycles. The lowest BCUT2D eigenvalue weighted by Crippen LogP contribution is -2.46. The molecule has 0 unspecified atom stereocenters. The van der Waals surface area contributed by atoms with Gasteiger partial charge in [0.05, 0.1) is 38.3 Å². The van der Waals surface area contributed by atoms with E-state index in [-0.39, 0.29) is 24.7 Å². The van der Waals surface area contributed by atoms with Crippen LogP contribution in [0, 0.1) is 6.92 Å². The summed E-state index contributed by atoms with van der Waals surface area (Å²) in [5, 5.41) is 7.11. The number of nitrogens with zero attached hydrogens (tertiary/aromatic N) is 2. The quantitative estimate of drug-likeness (QED) is 0.776. The number of ether oxygens (including phenoxy) is 3. The smallest absolute Gasteiger partial charge is 0.246 e. The van der Waals surface area contributed by atoms with Gasteiger partial charge in [0.1, 0.15) is 12.7 Å². The van der Waals surface area contributed by atoms with Crippen molar-refractivity contribution in [3.05, 3.63) is 47.8 Å². The summed E-state index contributed by atoms with van der Waals surface area (Å²) < 4.78 is 18.7. The van der Waals surface area contributed by atoms with E-state index in [0.29, 0.717) is 25.6 Å². The van der Waals surface area contributed by atoms with Crippen LogP contribution in [0.5, 0.6) is 5.75 Å². The predicted molar refractivity (Wildman–Crippen MR) is 95.9 cm³/mol. The van der Waals surface area contributed by atoms with Gasteiger partial charge in [-0.3, -0.25) is 9.48 Å². The number of carbonyl (C=O) groups is 1. The van der Waals surface area contributed by atoms with Crippen LogP contribution in [0.25, 0.3) is 0 Å². The van der Waals surface area contributed by atoms with Crippen molar-refractivity contribution in [1.82, 2.24) is 15.1 Å². The zero-order chi connectivity index (χ0) is 18.4. The van der Waals surface area contributed by atoms with E-state index >= 15 is 0 Å². The molecule has 0 spiro atoms. The van der Waals surface area contributed by atoms with Crippen LogP contribution >= 0.6 is 0 Å². The lowest BCUT2D eigenvalue weighted by molar-refractivity contribution is -0.127. The summed E-state index contributed by atoms with van der Waals surface area (Å²) in [7, 11) is 0. The van der Waals surface area contributed by atoms with Crippen LogP contribution in [-0.2, 0) is 27.4 Å². The molecule has 2 atom stereocenters. The topological polar surface area (TPSA) is 74.6 Å². The van der Waals surface area contributed by atoms with Crippen molar-refractivity contribution in [2.45, 2.75) is 39.1 Å². The monoisotopic (exact) mass is 359 g/mol. The van der Waals surface area contributed by atoms with E-state index < -0.39 is 0 Å². The second kappa shape index (κ2) is 8.82. The Labute approximate surface area is 153 Å². The third-order valence-electron chi connectivity index (χ3n) is 4.35. The van der Waals surface area contributed by atoms with E-state index in [9.17, 15) is 4.79 Å². The summed E-state index contributed by atoms with van der Waals surface area (Å²) in [4.78, 5) is 12.2. The van der Waals surface area contributed by atoms with Crippen LogP contribution in [0.2, 0.25) is 0 Å². The van der Waals surface area contributed by atoms with Crippen molar-refractivity contribution in [3.8, 4) is 5.75 Å². The minimum atomic E-state index is -0.232. The van der Waals surface area contributed by atoms with Crippen molar-refractivity contribution >= 4 is 5.91 Å². The zero-order valence-corrected chi connectivity index (χ0v) is 15.2. The van der Waals surface area contributed by atoms with Crippen LogP contribution in [0.15, 0.2) is 36.7 Å². The third-order valence-corrected chi connectivity index (χ3v) is 4.35. The van der Waals surface area contributed by atoms with Gasteiger partial charge < -0.3 is 19.5 Å². The van der Waals surface area contributed by atoms with Crippen LogP contribution < -0.4 is 10.1 Å². The molecule has 0 radical (unpaired) electrons. The molecule has 7 heteroatoms. The van der Waals surface area contributed by atoms with Gasteiger partial charge in [0.15, 0.2) is 5.75 Å². The second-order valence-electron chi connectivity index (χ2n) is 6.32. The molecule has 1 amide bonds. The molecule has 1 aromatic heterocycles. The lowest BCUT2D eigenvalue weighted by Gasteiger charge is -2.19. The van der Waals surface area contributed by atoms with Gasteiger partial charge in [-0.1, -0.05) is 24.3 Å². The highest BCUT2D eigenvalue weighted by atomic mass is 16.5. The van der Waals surface area contributed by atoms with Crippen molar-refractivity contribution in [2.75, 3.05) is 19.8 Å². The van der Waals surface area contributed by atoms with Crippen molar-refractivity contribution in [2.24, 2.45) is 0 Å². The average Bonchev–Trinajstić information content (AvgIpc) is 3.26. The molecule has 7 nitrogen and oxygen atoms in total. The molecule has 1 aliphatic heterocycles. The highest BCUT2D eigenvalue weighted by molar-refractivity contribution is 5.77. The average molecular weight is 359 g/mol. The summed E-state index contributed by atoms with van der Waals surface area (Å²) in [5.41, 5.74) is 2.23. The Morgan fingerprint density at radius 1 is 1.38 bits per heavy atom. The molecule has 3 rings (SSSR count). The van der Waals surface area contributed by atoms with Crippen LogP contribution in [0.4, 0.5) is 0 Å². The fourth-order valence-corrected chi connectivity index (χ4v) is 2.81. The highest BCUT2D eigenvalue weighted by Crippen LogP contribution is 2.16. The maximum absolute atomic E-state index is 12.2. The number of benzene rings is 1. The Morgan fingerprint density at radius 3 is 3.00 bits per heavy atom. The van der Waals surface area contributed by atoms with Crippen LogP contribution in [0.1, 0.15) is 18.1 Å². The molecule has 1 aliphatic rings.